The van der Waals surface area contributed by atoms with Crippen molar-refractivity contribution in [2.24, 2.45) is 5.92 Å². The van der Waals surface area contributed by atoms with Crippen LogP contribution in [0.15, 0.2) is 70.7 Å². The Morgan fingerprint density at radius 3 is 2.19 bits per heavy atom. The van der Waals surface area contributed by atoms with Crippen molar-refractivity contribution >= 4 is 21.6 Å². The average molecular weight is 388 g/mol. The van der Waals surface area contributed by atoms with Crippen LogP contribution < -0.4 is 0 Å². The van der Waals surface area contributed by atoms with E-state index >= 15 is 0 Å². The van der Waals surface area contributed by atoms with E-state index in [-0.39, 0.29) is 5.75 Å². The summed E-state index contributed by atoms with van der Waals surface area (Å²) in [5, 5.41) is 9.16. The van der Waals surface area contributed by atoms with Crippen molar-refractivity contribution in [2.75, 3.05) is 5.75 Å². The van der Waals surface area contributed by atoms with Gasteiger partial charge in [0.1, 0.15) is 5.75 Å². The van der Waals surface area contributed by atoms with Gasteiger partial charge in [-0.3, -0.25) is 4.57 Å². The fraction of sp³-hybridized carbons (Fsp3) is 0.263. The third-order valence-corrected chi connectivity index (χ3v) is 6.67. The van der Waals surface area contributed by atoms with Crippen LogP contribution in [0.1, 0.15) is 19.7 Å². The maximum atomic E-state index is 12.8. The van der Waals surface area contributed by atoms with Crippen LogP contribution in [0, 0.1) is 5.92 Å². The smallest absolute Gasteiger partial charge is 0.195 e. The summed E-state index contributed by atoms with van der Waals surface area (Å²) < 4.78 is 27.4. The molecule has 0 bridgehead atoms. The summed E-state index contributed by atoms with van der Waals surface area (Å²) in [5.74, 6) is 1.61. The van der Waals surface area contributed by atoms with Crippen LogP contribution in [0.25, 0.3) is 5.69 Å². The van der Waals surface area contributed by atoms with Gasteiger partial charge in [-0.2, -0.15) is 0 Å². The zero-order valence-electron chi connectivity index (χ0n) is 14.7. The molecule has 0 spiro atoms. The topological polar surface area (TPSA) is 64.8 Å². The fourth-order valence-electron chi connectivity index (χ4n) is 2.45. The number of rotatable bonds is 7. The normalized spacial score (nSPS) is 11.8. The first-order valence-electron chi connectivity index (χ1n) is 8.37. The summed E-state index contributed by atoms with van der Waals surface area (Å²) in [6.45, 7) is 4.27. The zero-order valence-corrected chi connectivity index (χ0v) is 16.4. The highest BCUT2D eigenvalue weighted by atomic mass is 32.2. The van der Waals surface area contributed by atoms with E-state index in [1.807, 2.05) is 34.9 Å². The van der Waals surface area contributed by atoms with Crippen molar-refractivity contribution < 1.29 is 8.42 Å². The van der Waals surface area contributed by atoms with Crippen LogP contribution in [-0.2, 0) is 15.6 Å². The summed E-state index contributed by atoms with van der Waals surface area (Å²) in [6.07, 6.45) is 0. The van der Waals surface area contributed by atoms with E-state index in [0.717, 1.165) is 11.4 Å². The molecule has 0 N–H and O–H groups in total. The molecular formula is C19H21N3O2S2. The second kappa shape index (κ2) is 8.05. The molecule has 3 rings (SSSR count). The highest BCUT2D eigenvalue weighted by Gasteiger charge is 2.22. The van der Waals surface area contributed by atoms with Crippen LogP contribution >= 0.6 is 11.8 Å². The summed E-state index contributed by atoms with van der Waals surface area (Å²) >= 11 is 1.59. The number of hydrogen-bond acceptors (Lipinski definition) is 5. The minimum Gasteiger partial charge on any atom is -0.273 e. The number of sulfone groups is 1. The van der Waals surface area contributed by atoms with E-state index < -0.39 is 9.84 Å². The largest absolute Gasteiger partial charge is 0.273 e. The number of benzene rings is 2. The number of thioether (sulfide) groups is 1. The van der Waals surface area contributed by atoms with E-state index in [0.29, 0.717) is 21.8 Å². The molecule has 0 atom stereocenters. The Bertz CT molecular complexity index is 953. The summed E-state index contributed by atoms with van der Waals surface area (Å²) in [7, 11) is -3.49. The van der Waals surface area contributed by atoms with Crippen LogP contribution in [0.2, 0.25) is 0 Å². The highest BCUT2D eigenvalue weighted by Crippen LogP contribution is 2.25. The molecule has 0 radical (unpaired) electrons. The third-order valence-electron chi connectivity index (χ3n) is 3.68. The second-order valence-electron chi connectivity index (χ2n) is 6.35. The molecule has 0 saturated carbocycles. The van der Waals surface area contributed by atoms with Crippen molar-refractivity contribution in [3.05, 3.63) is 66.5 Å². The molecule has 3 aromatic rings. The minimum atomic E-state index is -3.49. The molecule has 0 amide bonds. The fourth-order valence-corrected chi connectivity index (χ4v) is 4.63. The van der Waals surface area contributed by atoms with Crippen molar-refractivity contribution in [2.45, 2.75) is 29.7 Å². The molecule has 0 saturated heterocycles. The number of aromatic nitrogens is 3. The van der Waals surface area contributed by atoms with Gasteiger partial charge in [0.05, 0.1) is 4.90 Å². The molecule has 26 heavy (non-hydrogen) atoms. The Hall–Kier alpha value is -2.12. The lowest BCUT2D eigenvalue weighted by molar-refractivity contribution is 0.593. The lowest BCUT2D eigenvalue weighted by atomic mass is 10.3. The van der Waals surface area contributed by atoms with Crippen molar-refractivity contribution in [1.29, 1.82) is 0 Å². The van der Waals surface area contributed by atoms with E-state index in [9.17, 15) is 8.42 Å². The van der Waals surface area contributed by atoms with Crippen LogP contribution in [0.5, 0.6) is 0 Å². The van der Waals surface area contributed by atoms with Crippen molar-refractivity contribution in [3.8, 4) is 5.69 Å². The molecular weight excluding hydrogens is 366 g/mol. The molecule has 0 aliphatic rings. The van der Waals surface area contributed by atoms with Gasteiger partial charge in [-0.15, -0.1) is 10.2 Å². The van der Waals surface area contributed by atoms with Gasteiger partial charge in [0.2, 0.25) is 0 Å². The molecule has 0 aliphatic heterocycles. The average Bonchev–Trinajstić information content (AvgIpc) is 3.03. The number of nitrogens with zero attached hydrogens (tertiary/aromatic N) is 3. The summed E-state index contributed by atoms with van der Waals surface area (Å²) in [4.78, 5) is 0.291. The Morgan fingerprint density at radius 1 is 0.962 bits per heavy atom. The Kier molecular flexibility index (Phi) is 5.78. The second-order valence-corrected chi connectivity index (χ2v) is 9.32. The van der Waals surface area contributed by atoms with Gasteiger partial charge < -0.3 is 0 Å². The first-order valence-corrected chi connectivity index (χ1v) is 11.0. The molecule has 2 aromatic carbocycles. The Balaban J connectivity index is 1.99. The molecule has 1 heterocycles. The molecule has 0 fully saturated rings. The summed E-state index contributed by atoms with van der Waals surface area (Å²) in [6, 6.07) is 18.1. The predicted octanol–water partition coefficient (Wildman–Crippen LogP) is 3.99. The van der Waals surface area contributed by atoms with Gasteiger partial charge >= 0.3 is 0 Å². The summed E-state index contributed by atoms with van der Waals surface area (Å²) in [5.41, 5.74) is 0.863. The van der Waals surface area contributed by atoms with Crippen LogP contribution in [0.4, 0.5) is 0 Å². The van der Waals surface area contributed by atoms with E-state index in [1.165, 1.54) is 0 Å². The maximum Gasteiger partial charge on any atom is 0.195 e. The van der Waals surface area contributed by atoms with E-state index in [4.69, 9.17) is 0 Å². The molecule has 0 aliphatic carbocycles. The number of hydrogen-bond donors (Lipinski definition) is 0. The van der Waals surface area contributed by atoms with Gasteiger partial charge in [0.25, 0.3) is 0 Å². The van der Waals surface area contributed by atoms with Crippen LogP contribution in [0.3, 0.4) is 0 Å². The van der Waals surface area contributed by atoms with Gasteiger partial charge in [0, 0.05) is 11.4 Å². The molecule has 136 valence electrons. The van der Waals surface area contributed by atoms with Crippen molar-refractivity contribution in [3.63, 3.8) is 0 Å². The Labute approximate surface area is 158 Å². The SMILES string of the molecule is CC(C)CSc1nnc(CS(=O)(=O)c2ccccc2)n1-c1ccccc1. The molecule has 5 nitrogen and oxygen atoms in total. The third kappa shape index (κ3) is 4.34. The maximum absolute atomic E-state index is 12.8. The minimum absolute atomic E-state index is 0.193. The first-order chi connectivity index (χ1) is 12.5. The molecule has 7 heteroatoms. The first kappa shape index (κ1) is 18.7. The van der Waals surface area contributed by atoms with Gasteiger partial charge in [-0.05, 0) is 30.2 Å². The van der Waals surface area contributed by atoms with Gasteiger partial charge in [0.15, 0.2) is 20.8 Å². The molecule has 1 aromatic heterocycles. The van der Waals surface area contributed by atoms with E-state index in [1.54, 1.807) is 42.1 Å². The standard InChI is InChI=1S/C19H21N3O2S2/c1-15(2)13-25-19-21-20-18(22(19)16-9-5-3-6-10-16)14-26(23,24)17-11-7-4-8-12-17/h3-12,15H,13-14H2,1-2H3. The highest BCUT2D eigenvalue weighted by molar-refractivity contribution is 7.99. The van der Waals surface area contributed by atoms with Gasteiger partial charge in [-0.25, -0.2) is 8.42 Å². The van der Waals surface area contributed by atoms with Gasteiger partial charge in [-0.1, -0.05) is 62.0 Å². The van der Waals surface area contributed by atoms with Crippen LogP contribution in [-0.4, -0.2) is 28.9 Å². The van der Waals surface area contributed by atoms with E-state index in [2.05, 4.69) is 24.0 Å². The molecule has 0 unspecified atom stereocenters. The predicted molar refractivity (Wildman–Crippen MR) is 104 cm³/mol. The zero-order chi connectivity index (χ0) is 18.6. The quantitative estimate of drug-likeness (QED) is 0.574. The van der Waals surface area contributed by atoms with Crippen molar-refractivity contribution in [1.82, 2.24) is 14.8 Å². The lowest BCUT2D eigenvalue weighted by Gasteiger charge is -2.11. The Morgan fingerprint density at radius 2 is 1.58 bits per heavy atom. The monoisotopic (exact) mass is 387 g/mol. The lowest BCUT2D eigenvalue weighted by Crippen LogP contribution is -2.11. The number of para-hydroxylation sites is 1.